The molecule has 4 heteroatoms. The Labute approximate surface area is 132 Å². The Kier molecular flexibility index (Phi) is 3.93. The number of likely N-dealkylation sites (tertiary alicyclic amines) is 1. The first-order valence-corrected chi connectivity index (χ1v) is 9.09. The average molecular weight is 302 g/mol. The van der Waals surface area contributed by atoms with Crippen molar-refractivity contribution in [2.24, 2.45) is 5.92 Å². The maximum absolute atomic E-state index is 13.0. The number of hydrogen-bond acceptors (Lipinski definition) is 3. The van der Waals surface area contributed by atoms with Gasteiger partial charge in [0.1, 0.15) is 6.26 Å². The molecule has 3 fully saturated rings. The molecular formula is C18H26N2O2. The summed E-state index contributed by atoms with van der Waals surface area (Å²) >= 11 is 0. The van der Waals surface area contributed by atoms with Gasteiger partial charge in [-0.1, -0.05) is 25.7 Å². The van der Waals surface area contributed by atoms with Crippen LogP contribution in [0, 0.1) is 5.92 Å². The van der Waals surface area contributed by atoms with Crippen LogP contribution in [0.15, 0.2) is 10.7 Å². The third kappa shape index (κ3) is 2.57. The minimum absolute atomic E-state index is 0.105. The van der Waals surface area contributed by atoms with Crippen molar-refractivity contribution >= 4 is 5.91 Å². The molecule has 4 rings (SSSR count). The van der Waals surface area contributed by atoms with Gasteiger partial charge in [-0.2, -0.15) is 0 Å². The fourth-order valence-electron chi connectivity index (χ4n) is 4.42. The zero-order valence-electron chi connectivity index (χ0n) is 13.3. The minimum atomic E-state index is 0.105. The predicted octanol–water partition coefficient (Wildman–Crippen LogP) is 4.13. The highest BCUT2D eigenvalue weighted by molar-refractivity contribution is 5.92. The van der Waals surface area contributed by atoms with Gasteiger partial charge in [0.05, 0.1) is 0 Å². The van der Waals surface area contributed by atoms with Gasteiger partial charge in [0.15, 0.2) is 11.6 Å². The molecule has 0 N–H and O–H groups in total. The molecule has 0 spiro atoms. The summed E-state index contributed by atoms with van der Waals surface area (Å²) < 4.78 is 5.59. The molecule has 1 amide bonds. The number of aromatic nitrogens is 1. The fraction of sp³-hybridized carbons (Fsp3) is 0.778. The van der Waals surface area contributed by atoms with Gasteiger partial charge in [-0.25, -0.2) is 4.98 Å². The lowest BCUT2D eigenvalue weighted by molar-refractivity contribution is 0.0563. The summed E-state index contributed by atoms with van der Waals surface area (Å²) in [5.74, 6) is 2.05. The summed E-state index contributed by atoms with van der Waals surface area (Å²) in [5.41, 5.74) is 0.535. The van der Waals surface area contributed by atoms with Crippen LogP contribution in [-0.2, 0) is 0 Å². The molecule has 1 aromatic heterocycles. The zero-order chi connectivity index (χ0) is 14.9. The van der Waals surface area contributed by atoms with Gasteiger partial charge in [-0.3, -0.25) is 4.79 Å². The Balaban J connectivity index is 1.53. The van der Waals surface area contributed by atoms with Gasteiger partial charge in [-0.15, -0.1) is 0 Å². The van der Waals surface area contributed by atoms with Crippen molar-refractivity contribution in [3.63, 3.8) is 0 Å². The average Bonchev–Trinajstić information content (AvgIpc) is 2.85. The van der Waals surface area contributed by atoms with Crippen LogP contribution in [-0.4, -0.2) is 28.4 Å². The van der Waals surface area contributed by atoms with Crippen LogP contribution in [0.4, 0.5) is 0 Å². The molecule has 2 atom stereocenters. The highest BCUT2D eigenvalue weighted by Gasteiger charge is 2.36. The second-order valence-electron chi connectivity index (χ2n) is 7.31. The van der Waals surface area contributed by atoms with Gasteiger partial charge in [-0.05, 0) is 44.4 Å². The summed E-state index contributed by atoms with van der Waals surface area (Å²) in [5, 5.41) is 0. The summed E-state index contributed by atoms with van der Waals surface area (Å²) in [6.45, 7) is 0.894. The Morgan fingerprint density at radius 3 is 2.59 bits per heavy atom. The van der Waals surface area contributed by atoms with Gasteiger partial charge in [0.2, 0.25) is 0 Å². The summed E-state index contributed by atoms with van der Waals surface area (Å²) in [6.07, 6.45) is 13.9. The zero-order valence-corrected chi connectivity index (χ0v) is 13.3. The van der Waals surface area contributed by atoms with Crippen molar-refractivity contribution in [2.45, 2.75) is 76.2 Å². The SMILES string of the molecule is O=C(c1coc(C2CCC2)n1)N1CCCC[C@@H]2CCCC[C@@H]21. The molecule has 2 aliphatic carbocycles. The van der Waals surface area contributed by atoms with E-state index in [0.717, 1.165) is 31.7 Å². The monoisotopic (exact) mass is 302 g/mol. The topological polar surface area (TPSA) is 46.3 Å². The third-order valence-electron chi connectivity index (χ3n) is 5.95. The molecule has 1 aromatic rings. The van der Waals surface area contributed by atoms with Crippen molar-refractivity contribution in [3.05, 3.63) is 17.8 Å². The van der Waals surface area contributed by atoms with E-state index < -0.39 is 0 Å². The van der Waals surface area contributed by atoms with Gasteiger partial charge < -0.3 is 9.32 Å². The van der Waals surface area contributed by atoms with E-state index >= 15 is 0 Å². The maximum Gasteiger partial charge on any atom is 0.276 e. The Bertz CT molecular complexity index is 535. The van der Waals surface area contributed by atoms with Crippen molar-refractivity contribution in [3.8, 4) is 0 Å². The number of rotatable bonds is 2. The van der Waals surface area contributed by atoms with Crippen molar-refractivity contribution in [1.29, 1.82) is 0 Å². The lowest BCUT2D eigenvalue weighted by Gasteiger charge is -2.37. The van der Waals surface area contributed by atoms with Crippen LogP contribution >= 0.6 is 0 Å². The second-order valence-corrected chi connectivity index (χ2v) is 7.31. The normalized spacial score (nSPS) is 29.5. The highest BCUT2D eigenvalue weighted by Crippen LogP contribution is 2.37. The molecule has 120 valence electrons. The number of carbonyl (C=O) groups is 1. The van der Waals surface area contributed by atoms with Crippen LogP contribution in [0.25, 0.3) is 0 Å². The van der Waals surface area contributed by atoms with Crippen LogP contribution < -0.4 is 0 Å². The summed E-state index contributed by atoms with van der Waals surface area (Å²) in [6, 6.07) is 0.438. The Morgan fingerprint density at radius 2 is 1.82 bits per heavy atom. The standard InChI is InChI=1S/C18H26N2O2/c21-18(15-12-22-17(19-15)14-8-5-9-14)20-11-4-3-7-13-6-1-2-10-16(13)20/h12-14,16H,1-11H2/t13-,16-/m0/s1. The second kappa shape index (κ2) is 6.05. The van der Waals surface area contributed by atoms with E-state index in [4.69, 9.17) is 4.42 Å². The minimum Gasteiger partial charge on any atom is -0.448 e. The van der Waals surface area contributed by atoms with E-state index in [1.165, 1.54) is 44.9 Å². The fourth-order valence-corrected chi connectivity index (χ4v) is 4.42. The molecule has 22 heavy (non-hydrogen) atoms. The van der Waals surface area contributed by atoms with Crippen LogP contribution in [0.5, 0.6) is 0 Å². The summed E-state index contributed by atoms with van der Waals surface area (Å²) in [7, 11) is 0. The van der Waals surface area contributed by atoms with E-state index in [1.54, 1.807) is 6.26 Å². The van der Waals surface area contributed by atoms with E-state index in [2.05, 4.69) is 9.88 Å². The van der Waals surface area contributed by atoms with E-state index in [9.17, 15) is 4.79 Å². The van der Waals surface area contributed by atoms with E-state index in [1.807, 2.05) is 0 Å². The van der Waals surface area contributed by atoms with Gasteiger partial charge >= 0.3 is 0 Å². The number of hydrogen-bond donors (Lipinski definition) is 0. The molecule has 0 radical (unpaired) electrons. The predicted molar refractivity (Wildman–Crippen MR) is 83.7 cm³/mol. The van der Waals surface area contributed by atoms with Crippen molar-refractivity contribution in [1.82, 2.24) is 9.88 Å². The van der Waals surface area contributed by atoms with E-state index in [-0.39, 0.29) is 5.91 Å². The highest BCUT2D eigenvalue weighted by atomic mass is 16.3. The lowest BCUT2D eigenvalue weighted by Crippen LogP contribution is -2.45. The maximum atomic E-state index is 13.0. The molecule has 0 bridgehead atoms. The molecule has 2 heterocycles. The molecule has 0 aromatic carbocycles. The Hall–Kier alpha value is -1.32. The smallest absolute Gasteiger partial charge is 0.276 e. The van der Waals surface area contributed by atoms with Crippen LogP contribution in [0.1, 0.15) is 86.5 Å². The summed E-state index contributed by atoms with van der Waals surface area (Å²) in [4.78, 5) is 19.6. The molecule has 1 aliphatic heterocycles. The van der Waals surface area contributed by atoms with E-state index in [0.29, 0.717) is 23.6 Å². The van der Waals surface area contributed by atoms with Crippen molar-refractivity contribution in [2.75, 3.05) is 6.54 Å². The first-order valence-electron chi connectivity index (χ1n) is 9.09. The molecule has 1 saturated heterocycles. The lowest BCUT2D eigenvalue weighted by atomic mass is 9.81. The molecule has 0 unspecified atom stereocenters. The molecular weight excluding hydrogens is 276 g/mol. The van der Waals surface area contributed by atoms with Crippen LogP contribution in [0.2, 0.25) is 0 Å². The van der Waals surface area contributed by atoms with Crippen LogP contribution in [0.3, 0.4) is 0 Å². The number of amides is 1. The molecule has 4 nitrogen and oxygen atoms in total. The van der Waals surface area contributed by atoms with Crippen molar-refractivity contribution < 1.29 is 9.21 Å². The first kappa shape index (κ1) is 14.3. The molecule has 3 aliphatic rings. The Morgan fingerprint density at radius 1 is 1.05 bits per heavy atom. The third-order valence-corrected chi connectivity index (χ3v) is 5.95. The number of nitrogens with zero attached hydrogens (tertiary/aromatic N) is 2. The number of fused-ring (bicyclic) bond motifs is 1. The largest absolute Gasteiger partial charge is 0.448 e. The van der Waals surface area contributed by atoms with Gasteiger partial charge in [0.25, 0.3) is 5.91 Å². The first-order chi connectivity index (χ1) is 10.8. The number of oxazole rings is 1. The molecule has 2 saturated carbocycles. The quantitative estimate of drug-likeness (QED) is 0.825. The van der Waals surface area contributed by atoms with Gasteiger partial charge in [0, 0.05) is 18.5 Å². The number of carbonyl (C=O) groups excluding carboxylic acids is 1.